The number of benzene rings is 1. The molecule has 9 nitrogen and oxygen atoms in total. The molecule has 2 aliphatic heterocycles. The Morgan fingerprint density at radius 1 is 1.18 bits per heavy atom. The van der Waals surface area contributed by atoms with Gasteiger partial charge in [-0.25, -0.2) is 8.42 Å². The van der Waals surface area contributed by atoms with Crippen molar-refractivity contribution < 1.29 is 22.5 Å². The van der Waals surface area contributed by atoms with Crippen molar-refractivity contribution in [2.45, 2.75) is 44.2 Å². The number of sulfonamides is 1. The third-order valence-electron chi connectivity index (χ3n) is 6.30. The summed E-state index contributed by atoms with van der Waals surface area (Å²) < 4.78 is 38.5. The molecule has 10 heteroatoms. The first-order valence-corrected chi connectivity index (χ1v) is 12.9. The number of rotatable bonds is 7. The molecule has 4 rings (SSSR count). The summed E-state index contributed by atoms with van der Waals surface area (Å²) in [6.45, 7) is 7.24. The maximum Gasteiger partial charge on any atom is 0.248 e. The molecule has 0 bridgehead atoms. The van der Waals surface area contributed by atoms with Crippen LogP contribution in [0.1, 0.15) is 29.9 Å². The van der Waals surface area contributed by atoms with Gasteiger partial charge in [-0.2, -0.15) is 4.31 Å². The molecule has 1 aromatic carbocycles. The Balaban J connectivity index is 1.30. The molecule has 1 N–H and O–H groups in total. The third kappa shape index (κ3) is 5.63. The first kappa shape index (κ1) is 23.9. The van der Waals surface area contributed by atoms with Gasteiger partial charge < -0.3 is 14.6 Å². The molecule has 1 aromatic heterocycles. The number of carbonyl (C=O) groups excluding carboxylic acids is 1. The Hall–Kier alpha value is -2.27. The first-order valence-electron chi connectivity index (χ1n) is 11.4. The van der Waals surface area contributed by atoms with Crippen LogP contribution < -0.4 is 5.32 Å². The highest BCUT2D eigenvalue weighted by Gasteiger charge is 2.36. The number of ether oxygens (including phenoxy) is 1. The average molecular weight is 477 g/mol. The molecule has 3 heterocycles. The number of morpholine rings is 1. The van der Waals surface area contributed by atoms with Crippen LogP contribution in [0.4, 0.5) is 0 Å². The molecule has 0 aliphatic carbocycles. The monoisotopic (exact) mass is 476 g/mol. The van der Waals surface area contributed by atoms with E-state index >= 15 is 0 Å². The Morgan fingerprint density at radius 3 is 2.70 bits per heavy atom. The smallest absolute Gasteiger partial charge is 0.248 e. The van der Waals surface area contributed by atoms with Crippen molar-refractivity contribution in [3.05, 3.63) is 47.3 Å². The topological polar surface area (TPSA) is 105 Å². The van der Waals surface area contributed by atoms with Crippen LogP contribution in [0.25, 0.3) is 0 Å². The zero-order valence-corrected chi connectivity index (χ0v) is 20.0. The number of nitrogens with zero attached hydrogens (tertiary/aromatic N) is 3. The molecule has 2 fully saturated rings. The van der Waals surface area contributed by atoms with Crippen LogP contribution >= 0.6 is 0 Å². The molecule has 2 saturated heterocycles. The normalized spacial score (nSPS) is 22.8. The zero-order chi connectivity index (χ0) is 23.4. The van der Waals surface area contributed by atoms with E-state index in [1.807, 2.05) is 18.2 Å². The van der Waals surface area contributed by atoms with Crippen molar-refractivity contribution >= 4 is 15.9 Å². The predicted octanol–water partition coefficient (Wildman–Crippen LogP) is 1.71. The molecule has 0 saturated carbocycles. The summed E-state index contributed by atoms with van der Waals surface area (Å²) in [4.78, 5) is 15.3. The van der Waals surface area contributed by atoms with E-state index in [9.17, 15) is 13.2 Å². The molecule has 1 amide bonds. The molecule has 180 valence electrons. The molecule has 0 spiro atoms. The van der Waals surface area contributed by atoms with Crippen LogP contribution in [-0.4, -0.2) is 74.1 Å². The van der Waals surface area contributed by atoms with Crippen molar-refractivity contribution in [1.82, 2.24) is 19.7 Å². The Kier molecular flexibility index (Phi) is 7.48. The first-order chi connectivity index (χ1) is 15.8. The van der Waals surface area contributed by atoms with Gasteiger partial charge in [-0.15, -0.1) is 0 Å². The number of aryl methyl sites for hydroxylation is 2. The van der Waals surface area contributed by atoms with Gasteiger partial charge in [0.1, 0.15) is 10.6 Å². The van der Waals surface area contributed by atoms with Gasteiger partial charge >= 0.3 is 0 Å². The number of amides is 1. The molecule has 2 aromatic rings. The largest absolute Gasteiger partial charge is 0.374 e. The van der Waals surface area contributed by atoms with Crippen LogP contribution in [0.2, 0.25) is 0 Å². The van der Waals surface area contributed by atoms with E-state index in [2.05, 4.69) is 27.5 Å². The quantitative estimate of drug-likeness (QED) is 0.649. The number of hydrogen-bond acceptors (Lipinski definition) is 7. The summed E-state index contributed by atoms with van der Waals surface area (Å²) in [5.74, 6) is -0.246. The summed E-state index contributed by atoms with van der Waals surface area (Å²) in [6.07, 6.45) is 1.20. The molecule has 0 radical (unpaired) electrons. The van der Waals surface area contributed by atoms with Crippen molar-refractivity contribution in [2.24, 2.45) is 5.92 Å². The maximum atomic E-state index is 13.1. The Bertz CT molecular complexity index is 1040. The number of piperidine rings is 1. The van der Waals surface area contributed by atoms with Gasteiger partial charge in [0, 0.05) is 39.3 Å². The fraction of sp³-hybridized carbons (Fsp3) is 0.565. The lowest BCUT2D eigenvalue weighted by Gasteiger charge is -2.34. The van der Waals surface area contributed by atoms with Crippen LogP contribution in [0.5, 0.6) is 0 Å². The molecule has 33 heavy (non-hydrogen) atoms. The van der Waals surface area contributed by atoms with Gasteiger partial charge in [0.15, 0.2) is 5.76 Å². The lowest BCUT2D eigenvalue weighted by Crippen LogP contribution is -2.50. The standard InChI is InChI=1S/C23H32N4O5S/c1-17-22(18(2)32-25-17)33(29,30)27-10-6-9-20(15-27)23(28)24-13-21-16-26(11-12-31-21)14-19-7-4-3-5-8-19/h3-5,7-8,20-21H,6,9-16H2,1-2H3,(H,24,28). The minimum Gasteiger partial charge on any atom is -0.374 e. The highest BCUT2D eigenvalue weighted by atomic mass is 32.2. The van der Waals surface area contributed by atoms with Crippen molar-refractivity contribution in [3.8, 4) is 0 Å². The SMILES string of the molecule is Cc1noc(C)c1S(=O)(=O)N1CCCC(C(=O)NCC2CN(Cc3ccccc3)CCO2)C1. The number of aromatic nitrogens is 1. The lowest BCUT2D eigenvalue weighted by atomic mass is 9.99. The van der Waals surface area contributed by atoms with E-state index in [0.29, 0.717) is 38.2 Å². The summed E-state index contributed by atoms with van der Waals surface area (Å²) in [5, 5.41) is 6.76. The fourth-order valence-corrected chi connectivity index (χ4v) is 6.41. The second-order valence-electron chi connectivity index (χ2n) is 8.81. The van der Waals surface area contributed by atoms with Crippen LogP contribution in [0, 0.1) is 19.8 Å². The highest BCUT2D eigenvalue weighted by molar-refractivity contribution is 7.89. The van der Waals surface area contributed by atoms with E-state index in [4.69, 9.17) is 9.26 Å². The van der Waals surface area contributed by atoms with E-state index in [-0.39, 0.29) is 29.2 Å². The summed E-state index contributed by atoms with van der Waals surface area (Å²) in [5.41, 5.74) is 1.59. The highest BCUT2D eigenvalue weighted by Crippen LogP contribution is 2.27. The number of nitrogens with one attached hydrogen (secondary N) is 1. The predicted molar refractivity (Wildman–Crippen MR) is 122 cm³/mol. The minimum atomic E-state index is -3.75. The Labute approximate surface area is 195 Å². The maximum absolute atomic E-state index is 13.1. The molecule has 2 atom stereocenters. The third-order valence-corrected chi connectivity index (χ3v) is 8.41. The summed E-state index contributed by atoms with van der Waals surface area (Å²) in [7, 11) is -3.75. The van der Waals surface area contributed by atoms with Crippen LogP contribution in [-0.2, 0) is 26.1 Å². The van der Waals surface area contributed by atoms with E-state index in [1.165, 1.54) is 9.87 Å². The van der Waals surface area contributed by atoms with E-state index in [0.717, 1.165) is 19.6 Å². The van der Waals surface area contributed by atoms with Gasteiger partial charge in [-0.05, 0) is 32.3 Å². The molecule has 2 unspecified atom stereocenters. The minimum absolute atomic E-state index is 0.0860. The fourth-order valence-electron chi connectivity index (χ4n) is 4.59. The summed E-state index contributed by atoms with van der Waals surface area (Å²) in [6, 6.07) is 10.3. The van der Waals surface area contributed by atoms with Crippen LogP contribution in [0.15, 0.2) is 39.8 Å². The van der Waals surface area contributed by atoms with E-state index < -0.39 is 15.9 Å². The van der Waals surface area contributed by atoms with Gasteiger partial charge in [0.25, 0.3) is 0 Å². The van der Waals surface area contributed by atoms with Crippen LogP contribution in [0.3, 0.4) is 0 Å². The molecular weight excluding hydrogens is 444 g/mol. The van der Waals surface area contributed by atoms with E-state index in [1.54, 1.807) is 13.8 Å². The van der Waals surface area contributed by atoms with Crippen molar-refractivity contribution in [1.29, 1.82) is 0 Å². The van der Waals surface area contributed by atoms with Crippen molar-refractivity contribution in [3.63, 3.8) is 0 Å². The second-order valence-corrected chi connectivity index (χ2v) is 10.7. The van der Waals surface area contributed by atoms with Gasteiger partial charge in [0.2, 0.25) is 15.9 Å². The lowest BCUT2D eigenvalue weighted by molar-refractivity contribution is -0.127. The van der Waals surface area contributed by atoms with Crippen molar-refractivity contribution in [2.75, 3.05) is 39.3 Å². The van der Waals surface area contributed by atoms with Gasteiger partial charge in [-0.3, -0.25) is 9.69 Å². The Morgan fingerprint density at radius 2 is 1.97 bits per heavy atom. The molecule has 2 aliphatic rings. The number of carbonyl (C=O) groups is 1. The average Bonchev–Trinajstić information content (AvgIpc) is 3.17. The van der Waals surface area contributed by atoms with Gasteiger partial charge in [-0.1, -0.05) is 35.5 Å². The zero-order valence-electron chi connectivity index (χ0n) is 19.2. The summed E-state index contributed by atoms with van der Waals surface area (Å²) >= 11 is 0. The molecular formula is C23H32N4O5S. The van der Waals surface area contributed by atoms with Gasteiger partial charge in [0.05, 0.1) is 18.6 Å². The number of hydrogen-bond donors (Lipinski definition) is 1. The second kappa shape index (κ2) is 10.3.